The van der Waals surface area contributed by atoms with Crippen LogP contribution < -0.4 is 5.32 Å². The number of fused-ring (bicyclic) bond motifs is 1. The van der Waals surface area contributed by atoms with Crippen molar-refractivity contribution in [2.45, 2.75) is 64.7 Å². The zero-order valence-electron chi connectivity index (χ0n) is 21.9. The first-order chi connectivity index (χ1) is 17.8. The quantitative estimate of drug-likeness (QED) is 0.347. The van der Waals surface area contributed by atoms with Gasteiger partial charge in [0, 0.05) is 42.1 Å². The van der Waals surface area contributed by atoms with E-state index in [0.717, 1.165) is 56.8 Å². The van der Waals surface area contributed by atoms with Gasteiger partial charge in [-0.25, -0.2) is 0 Å². The number of nitrogens with one attached hydrogen (secondary N) is 1. The number of nitrogens with zero attached hydrogens (tertiary/aromatic N) is 1. The van der Waals surface area contributed by atoms with Crippen LogP contribution in [0.2, 0.25) is 0 Å². The molecule has 1 aromatic rings. The van der Waals surface area contributed by atoms with Crippen LogP contribution >= 0.6 is 0 Å². The second kappa shape index (κ2) is 12.4. The second-order valence-corrected chi connectivity index (χ2v) is 10.7. The Hall–Kier alpha value is -3.12. The summed E-state index contributed by atoms with van der Waals surface area (Å²) < 4.78 is 0. The maximum Gasteiger partial charge on any atom is 0.230 e. The zero-order valence-corrected chi connectivity index (χ0v) is 21.9. The number of hydrogen-bond acceptors (Lipinski definition) is 5. The van der Waals surface area contributed by atoms with Crippen LogP contribution in [0, 0.1) is 11.8 Å². The van der Waals surface area contributed by atoms with Gasteiger partial charge in [-0.2, -0.15) is 0 Å². The van der Waals surface area contributed by atoms with Crippen molar-refractivity contribution in [3.63, 3.8) is 0 Å². The highest BCUT2D eigenvalue weighted by molar-refractivity contribution is 6.24. The van der Waals surface area contributed by atoms with Crippen LogP contribution in [0.3, 0.4) is 0 Å². The van der Waals surface area contributed by atoms with Crippen molar-refractivity contribution in [2.75, 3.05) is 19.6 Å². The molecule has 196 valence electrons. The van der Waals surface area contributed by atoms with Crippen molar-refractivity contribution in [2.24, 2.45) is 11.8 Å². The third-order valence-electron chi connectivity index (χ3n) is 7.76. The predicted molar refractivity (Wildman–Crippen MR) is 145 cm³/mol. The highest BCUT2D eigenvalue weighted by Gasteiger charge is 2.32. The van der Waals surface area contributed by atoms with Gasteiger partial charge in [-0.3, -0.25) is 24.5 Å². The first-order valence-electron chi connectivity index (χ1n) is 13.7. The van der Waals surface area contributed by atoms with Crippen molar-refractivity contribution in [3.8, 4) is 0 Å². The molecule has 1 saturated heterocycles. The maximum atomic E-state index is 13.2. The number of ketones is 2. The average molecular weight is 503 g/mol. The highest BCUT2D eigenvalue weighted by Crippen LogP contribution is 2.30. The van der Waals surface area contributed by atoms with E-state index in [4.69, 9.17) is 0 Å². The number of amides is 2. The van der Waals surface area contributed by atoms with Gasteiger partial charge in [0.1, 0.15) is 0 Å². The van der Waals surface area contributed by atoms with Gasteiger partial charge in [0.15, 0.2) is 11.6 Å². The Bertz CT molecular complexity index is 1140. The summed E-state index contributed by atoms with van der Waals surface area (Å²) >= 11 is 0. The molecule has 3 aliphatic rings. The minimum absolute atomic E-state index is 0.172. The molecule has 37 heavy (non-hydrogen) atoms. The molecule has 0 radical (unpaired) electrons. The van der Waals surface area contributed by atoms with Crippen molar-refractivity contribution in [1.82, 2.24) is 10.2 Å². The standard InChI is InChI=1S/C31H38N2O4/c1-3-15-33(20-23-9-7-21(2)8-10-23)16-5-4-6-22-11-13-26-27(17-22)30(36)25(19-28(26)34)18-24-12-14-29(35)32-31(24)37/h4,6,11,13,17,19,23-24H,2-3,5,7-10,12,14-16,18,20H2,1H3,(H,32,35,37)/b6-4-. The molecule has 1 unspecified atom stereocenters. The van der Waals surface area contributed by atoms with Gasteiger partial charge in [0.2, 0.25) is 11.8 Å². The van der Waals surface area contributed by atoms with Crippen LogP contribution in [0.1, 0.15) is 91.0 Å². The molecule has 2 aliphatic carbocycles. The van der Waals surface area contributed by atoms with E-state index in [1.165, 1.54) is 24.5 Å². The van der Waals surface area contributed by atoms with E-state index < -0.39 is 5.92 Å². The number of allylic oxidation sites excluding steroid dienone is 3. The lowest BCUT2D eigenvalue weighted by Crippen LogP contribution is -2.41. The first kappa shape index (κ1) is 26.9. The van der Waals surface area contributed by atoms with Crippen LogP contribution in [0.25, 0.3) is 6.08 Å². The summed E-state index contributed by atoms with van der Waals surface area (Å²) in [5, 5.41) is 2.32. The molecule has 2 fully saturated rings. The molecule has 1 saturated carbocycles. The van der Waals surface area contributed by atoms with Gasteiger partial charge in [-0.1, -0.05) is 37.3 Å². The molecular weight excluding hydrogens is 464 g/mol. The molecule has 2 amide bonds. The summed E-state index contributed by atoms with van der Waals surface area (Å²) in [7, 11) is 0. The number of rotatable bonds is 10. The van der Waals surface area contributed by atoms with E-state index in [1.807, 2.05) is 12.1 Å². The Morgan fingerprint density at radius 3 is 2.54 bits per heavy atom. The number of carbonyl (C=O) groups is 4. The number of imide groups is 1. The lowest BCUT2D eigenvalue weighted by molar-refractivity contribution is -0.136. The van der Waals surface area contributed by atoms with E-state index in [0.29, 0.717) is 23.1 Å². The molecule has 0 aromatic heterocycles. The van der Waals surface area contributed by atoms with Gasteiger partial charge >= 0.3 is 0 Å². The molecule has 1 N–H and O–H groups in total. The third-order valence-corrected chi connectivity index (χ3v) is 7.76. The minimum Gasteiger partial charge on any atom is -0.303 e. The van der Waals surface area contributed by atoms with Crippen LogP contribution in [0.15, 0.2) is 48.1 Å². The topological polar surface area (TPSA) is 83.6 Å². The number of piperidine rings is 1. The number of benzene rings is 1. The SMILES string of the molecule is C=C1CCC(CN(CCC)CC/C=C\c2ccc3c(c2)C(=O)C(CC2CCC(=O)NC2=O)=CC3=O)CC1. The largest absolute Gasteiger partial charge is 0.303 e. The van der Waals surface area contributed by atoms with E-state index in [9.17, 15) is 19.2 Å². The Balaban J connectivity index is 1.35. The summed E-state index contributed by atoms with van der Waals surface area (Å²) in [4.78, 5) is 52.0. The minimum atomic E-state index is -0.469. The van der Waals surface area contributed by atoms with Crippen LogP contribution in [0.4, 0.5) is 0 Å². The molecule has 1 aromatic carbocycles. The van der Waals surface area contributed by atoms with Crippen molar-refractivity contribution in [3.05, 3.63) is 64.8 Å². The normalized spacial score (nSPS) is 21.0. The molecule has 1 aliphatic heterocycles. The zero-order chi connectivity index (χ0) is 26.4. The highest BCUT2D eigenvalue weighted by atomic mass is 16.2. The third kappa shape index (κ3) is 7.01. The van der Waals surface area contributed by atoms with Crippen molar-refractivity contribution in [1.29, 1.82) is 0 Å². The van der Waals surface area contributed by atoms with Gasteiger partial charge in [-0.05, 0) is 87.6 Å². The Morgan fingerprint density at radius 2 is 1.81 bits per heavy atom. The van der Waals surface area contributed by atoms with Crippen LogP contribution in [0.5, 0.6) is 0 Å². The van der Waals surface area contributed by atoms with Gasteiger partial charge < -0.3 is 4.90 Å². The maximum absolute atomic E-state index is 13.2. The smallest absolute Gasteiger partial charge is 0.230 e. The molecule has 6 nitrogen and oxygen atoms in total. The summed E-state index contributed by atoms with van der Waals surface area (Å²) in [6.45, 7) is 9.60. The van der Waals surface area contributed by atoms with E-state index in [-0.39, 0.29) is 36.2 Å². The lowest BCUT2D eigenvalue weighted by Gasteiger charge is -2.30. The van der Waals surface area contributed by atoms with E-state index >= 15 is 0 Å². The fourth-order valence-electron chi connectivity index (χ4n) is 5.61. The number of Topliss-reactive ketones (excluding diaryl/α,β-unsaturated/α-hetero) is 1. The van der Waals surface area contributed by atoms with Crippen molar-refractivity contribution >= 4 is 29.5 Å². The molecule has 4 rings (SSSR count). The Morgan fingerprint density at radius 1 is 1.03 bits per heavy atom. The fraction of sp³-hybridized carbons (Fsp3) is 0.484. The molecule has 1 heterocycles. The number of carbonyl (C=O) groups excluding carboxylic acids is 4. The second-order valence-electron chi connectivity index (χ2n) is 10.7. The first-order valence-corrected chi connectivity index (χ1v) is 13.7. The fourth-order valence-corrected chi connectivity index (χ4v) is 5.61. The van der Waals surface area contributed by atoms with Crippen molar-refractivity contribution < 1.29 is 19.2 Å². The van der Waals surface area contributed by atoms with Crippen LogP contribution in [-0.2, 0) is 9.59 Å². The summed E-state index contributed by atoms with van der Waals surface area (Å²) in [5.74, 6) is -0.795. The Labute approximate surface area is 219 Å². The monoisotopic (exact) mass is 502 g/mol. The van der Waals surface area contributed by atoms with Gasteiger partial charge in [0.25, 0.3) is 0 Å². The Kier molecular flexibility index (Phi) is 9.04. The summed E-state index contributed by atoms with van der Waals surface area (Å²) in [6, 6.07) is 5.37. The molecule has 0 spiro atoms. The predicted octanol–water partition coefficient (Wildman–Crippen LogP) is 5.30. The molecule has 0 bridgehead atoms. The van der Waals surface area contributed by atoms with Gasteiger partial charge in [-0.15, -0.1) is 0 Å². The van der Waals surface area contributed by atoms with Gasteiger partial charge in [0.05, 0.1) is 0 Å². The molecule has 6 heteroatoms. The lowest BCUT2D eigenvalue weighted by atomic mass is 9.82. The van der Waals surface area contributed by atoms with E-state index in [2.05, 4.69) is 29.8 Å². The molecule has 1 atom stereocenters. The summed E-state index contributed by atoms with van der Waals surface area (Å²) in [6.07, 6.45) is 13.2. The molecular formula is C31H38N2O4. The number of hydrogen-bond donors (Lipinski definition) is 1. The van der Waals surface area contributed by atoms with Crippen LogP contribution in [-0.4, -0.2) is 47.9 Å². The summed E-state index contributed by atoms with van der Waals surface area (Å²) in [5.41, 5.74) is 3.41. The van der Waals surface area contributed by atoms with E-state index in [1.54, 1.807) is 12.1 Å². The average Bonchev–Trinajstić information content (AvgIpc) is 2.88.